The lowest BCUT2D eigenvalue weighted by Gasteiger charge is -2.31. The number of ketones is 1. The first kappa shape index (κ1) is 18.2. The van der Waals surface area contributed by atoms with Crippen molar-refractivity contribution in [3.05, 3.63) is 77.0 Å². The first-order valence-electron chi connectivity index (χ1n) is 8.83. The molecule has 0 bridgehead atoms. The maximum Gasteiger partial charge on any atom is 0.339 e. The van der Waals surface area contributed by atoms with E-state index < -0.39 is 23.1 Å². The van der Waals surface area contributed by atoms with Crippen molar-refractivity contribution < 1.29 is 29.3 Å². The Kier molecular flexibility index (Phi) is 4.21. The number of rotatable bonds is 5. The molecule has 1 aliphatic carbocycles. The lowest BCUT2D eigenvalue weighted by molar-refractivity contribution is -0.147. The van der Waals surface area contributed by atoms with Gasteiger partial charge in [-0.05, 0) is 19.1 Å². The smallest absolute Gasteiger partial charge is 0.339 e. The van der Waals surface area contributed by atoms with E-state index in [1.807, 2.05) is 18.2 Å². The van der Waals surface area contributed by atoms with E-state index in [4.69, 9.17) is 9.47 Å². The Morgan fingerprint density at radius 1 is 1.04 bits per heavy atom. The van der Waals surface area contributed by atoms with Gasteiger partial charge in [-0.15, -0.1) is 0 Å². The molecule has 3 N–H and O–H groups in total. The molecular weight excluding hydrogens is 362 g/mol. The molecular formula is C21H19NO6. The van der Waals surface area contributed by atoms with Crippen LogP contribution >= 0.6 is 0 Å². The van der Waals surface area contributed by atoms with Gasteiger partial charge in [-0.3, -0.25) is 4.79 Å². The minimum Gasteiger partial charge on any atom is -0.490 e. The summed E-state index contributed by atoms with van der Waals surface area (Å²) in [5.74, 6) is -1.01. The maximum absolute atomic E-state index is 12.9. The quantitative estimate of drug-likeness (QED) is 0.529. The SMILES string of the molecule is CC1=C(C(=O)OCCOc2ccccc2)[C@@]2(O)C(=O)c3ccccc3[C@]2(O)N1. The van der Waals surface area contributed by atoms with Crippen molar-refractivity contribution in [2.75, 3.05) is 13.2 Å². The molecule has 1 heterocycles. The number of allylic oxidation sites excluding steroid dienone is 1. The molecule has 7 nitrogen and oxygen atoms in total. The lowest BCUT2D eigenvalue weighted by atomic mass is 9.85. The summed E-state index contributed by atoms with van der Waals surface area (Å²) in [6.07, 6.45) is 0. The third kappa shape index (κ3) is 2.44. The standard InChI is InChI=1S/C21H19NO6/c1-13-17(19(24)28-12-11-27-14-7-3-2-4-8-14)20(25)18(23)15-9-5-6-10-16(15)21(20,26)22-13/h2-10,22,25-26H,11-12H2,1H3/t20-,21-/m1/s1. The summed E-state index contributed by atoms with van der Waals surface area (Å²) in [4.78, 5) is 25.5. The molecule has 0 spiro atoms. The predicted molar refractivity (Wildman–Crippen MR) is 98.4 cm³/mol. The van der Waals surface area contributed by atoms with Gasteiger partial charge in [-0.2, -0.15) is 0 Å². The van der Waals surface area contributed by atoms with Crippen LogP contribution in [0.4, 0.5) is 0 Å². The van der Waals surface area contributed by atoms with Gasteiger partial charge in [0.1, 0.15) is 24.5 Å². The predicted octanol–water partition coefficient (Wildman–Crippen LogP) is 1.26. The van der Waals surface area contributed by atoms with Gasteiger partial charge in [0.25, 0.3) is 0 Å². The second-order valence-corrected chi connectivity index (χ2v) is 6.72. The number of aliphatic hydroxyl groups is 2. The van der Waals surface area contributed by atoms with Gasteiger partial charge in [-0.25, -0.2) is 4.79 Å². The number of benzene rings is 2. The van der Waals surface area contributed by atoms with Crippen molar-refractivity contribution in [3.8, 4) is 5.75 Å². The Balaban J connectivity index is 1.51. The summed E-state index contributed by atoms with van der Waals surface area (Å²) in [6.45, 7) is 1.52. The Labute approximate surface area is 161 Å². The minimum atomic E-state index is -2.45. The second-order valence-electron chi connectivity index (χ2n) is 6.72. The van der Waals surface area contributed by atoms with E-state index in [9.17, 15) is 19.8 Å². The van der Waals surface area contributed by atoms with E-state index in [1.54, 1.807) is 24.3 Å². The molecule has 0 fully saturated rings. The van der Waals surface area contributed by atoms with Crippen LogP contribution in [0.2, 0.25) is 0 Å². The third-order valence-electron chi connectivity index (χ3n) is 5.05. The number of hydrogen-bond donors (Lipinski definition) is 3. The minimum absolute atomic E-state index is 0.0832. The molecule has 144 valence electrons. The molecule has 0 saturated heterocycles. The zero-order chi connectivity index (χ0) is 19.9. The average molecular weight is 381 g/mol. The summed E-state index contributed by atoms with van der Waals surface area (Å²) >= 11 is 0. The monoisotopic (exact) mass is 381 g/mol. The van der Waals surface area contributed by atoms with E-state index in [1.165, 1.54) is 19.1 Å². The van der Waals surface area contributed by atoms with Crippen LogP contribution in [0.25, 0.3) is 0 Å². The molecule has 7 heteroatoms. The normalized spacial score (nSPS) is 25.2. The van der Waals surface area contributed by atoms with Crippen LogP contribution in [0.3, 0.4) is 0 Å². The van der Waals surface area contributed by atoms with E-state index in [0.29, 0.717) is 5.75 Å². The fourth-order valence-corrected chi connectivity index (χ4v) is 3.79. The summed E-state index contributed by atoms with van der Waals surface area (Å²) in [5.41, 5.74) is -4.29. The maximum atomic E-state index is 12.9. The molecule has 1 aliphatic heterocycles. The van der Waals surface area contributed by atoms with E-state index >= 15 is 0 Å². The number of esters is 1. The van der Waals surface area contributed by atoms with Crippen molar-refractivity contribution in [3.63, 3.8) is 0 Å². The van der Waals surface area contributed by atoms with Crippen LogP contribution in [0.5, 0.6) is 5.75 Å². The molecule has 4 rings (SSSR count). The average Bonchev–Trinajstić information content (AvgIpc) is 3.01. The van der Waals surface area contributed by atoms with Gasteiger partial charge < -0.3 is 25.0 Å². The number of para-hydroxylation sites is 1. The van der Waals surface area contributed by atoms with Gasteiger partial charge in [0.05, 0.1) is 0 Å². The number of ether oxygens (including phenoxy) is 2. The zero-order valence-corrected chi connectivity index (χ0v) is 15.1. The topological polar surface area (TPSA) is 105 Å². The van der Waals surface area contributed by atoms with Crippen molar-refractivity contribution in [2.45, 2.75) is 18.2 Å². The van der Waals surface area contributed by atoms with Gasteiger partial charge in [0.15, 0.2) is 0 Å². The van der Waals surface area contributed by atoms with E-state index in [-0.39, 0.29) is 35.6 Å². The second kappa shape index (κ2) is 6.47. The first-order valence-corrected chi connectivity index (χ1v) is 8.83. The van der Waals surface area contributed by atoms with Gasteiger partial charge in [0.2, 0.25) is 17.1 Å². The molecule has 0 radical (unpaired) electrons. The Morgan fingerprint density at radius 3 is 2.46 bits per heavy atom. The Bertz CT molecular complexity index is 985. The third-order valence-corrected chi connectivity index (χ3v) is 5.05. The highest BCUT2D eigenvalue weighted by atomic mass is 16.6. The highest BCUT2D eigenvalue weighted by molar-refractivity contribution is 6.16. The van der Waals surface area contributed by atoms with Crippen molar-refractivity contribution >= 4 is 11.8 Å². The summed E-state index contributed by atoms with van der Waals surface area (Å²) in [5, 5.41) is 24.9. The van der Waals surface area contributed by atoms with Crippen LogP contribution in [0, 0.1) is 0 Å². The van der Waals surface area contributed by atoms with Crippen LogP contribution < -0.4 is 10.1 Å². The summed E-state index contributed by atoms with van der Waals surface area (Å²) in [6, 6.07) is 15.3. The molecule has 0 saturated carbocycles. The molecule has 0 aromatic heterocycles. The van der Waals surface area contributed by atoms with Gasteiger partial charge >= 0.3 is 5.97 Å². The number of fused-ring (bicyclic) bond motifs is 3. The van der Waals surface area contributed by atoms with Gasteiger partial charge in [-0.1, -0.05) is 42.5 Å². The lowest BCUT2D eigenvalue weighted by Crippen LogP contribution is -2.56. The van der Waals surface area contributed by atoms with E-state index in [2.05, 4.69) is 5.32 Å². The zero-order valence-electron chi connectivity index (χ0n) is 15.1. The highest BCUT2D eigenvalue weighted by Crippen LogP contribution is 2.51. The molecule has 28 heavy (non-hydrogen) atoms. The number of carbonyl (C=O) groups is 2. The van der Waals surface area contributed by atoms with Crippen LogP contribution in [0.15, 0.2) is 65.9 Å². The number of Topliss-reactive ketones (excluding diaryl/α,β-unsaturated/α-hetero) is 1. The number of hydrogen-bond acceptors (Lipinski definition) is 7. The highest BCUT2D eigenvalue weighted by Gasteiger charge is 2.70. The largest absolute Gasteiger partial charge is 0.490 e. The van der Waals surface area contributed by atoms with Crippen molar-refractivity contribution in [1.29, 1.82) is 0 Å². The first-order chi connectivity index (χ1) is 13.4. The molecule has 2 atom stereocenters. The van der Waals surface area contributed by atoms with Crippen molar-refractivity contribution in [1.82, 2.24) is 5.32 Å². The van der Waals surface area contributed by atoms with Crippen LogP contribution in [-0.2, 0) is 15.3 Å². The van der Waals surface area contributed by atoms with Gasteiger partial charge in [0, 0.05) is 16.8 Å². The fraction of sp³-hybridized carbons (Fsp3) is 0.238. The summed E-state index contributed by atoms with van der Waals surface area (Å²) < 4.78 is 10.7. The van der Waals surface area contributed by atoms with Crippen LogP contribution in [-0.4, -0.2) is 40.8 Å². The molecule has 0 amide bonds. The van der Waals surface area contributed by atoms with Crippen molar-refractivity contribution in [2.24, 2.45) is 0 Å². The molecule has 2 aliphatic rings. The molecule has 2 aromatic rings. The molecule has 2 aromatic carbocycles. The Morgan fingerprint density at radius 2 is 1.71 bits per heavy atom. The fourth-order valence-electron chi connectivity index (χ4n) is 3.79. The van der Waals surface area contributed by atoms with Crippen LogP contribution in [0.1, 0.15) is 22.8 Å². The van der Waals surface area contributed by atoms with E-state index in [0.717, 1.165) is 0 Å². The number of nitrogens with one attached hydrogen (secondary N) is 1. The molecule has 0 unspecified atom stereocenters. The Hall–Kier alpha value is -3.16. The summed E-state index contributed by atoms with van der Waals surface area (Å²) in [7, 11) is 0. The number of carbonyl (C=O) groups excluding carboxylic acids is 2.